The molecule has 3 rings (SSSR count). The fourth-order valence-corrected chi connectivity index (χ4v) is 3.89. The normalized spacial score (nSPS) is 12.3. The van der Waals surface area contributed by atoms with Crippen molar-refractivity contribution in [3.63, 3.8) is 0 Å². The highest BCUT2D eigenvalue weighted by Gasteiger charge is 2.28. The second-order valence-corrected chi connectivity index (χ2v) is 7.70. The van der Waals surface area contributed by atoms with Crippen LogP contribution in [0.1, 0.15) is 5.56 Å². The van der Waals surface area contributed by atoms with Gasteiger partial charge in [0.25, 0.3) is 0 Å². The molecule has 28 heavy (non-hydrogen) atoms. The fourth-order valence-electron chi connectivity index (χ4n) is 2.62. The molecule has 0 saturated carbocycles. The maximum atomic E-state index is 14.0. The van der Waals surface area contributed by atoms with Crippen molar-refractivity contribution in [1.82, 2.24) is 9.71 Å². The van der Waals surface area contributed by atoms with Gasteiger partial charge >= 0.3 is 0 Å². The number of pyridine rings is 1. The Balaban J connectivity index is 1.87. The second-order valence-electron chi connectivity index (χ2n) is 6.02. The van der Waals surface area contributed by atoms with E-state index in [0.29, 0.717) is 5.69 Å². The number of rotatable bonds is 7. The minimum Gasteiger partial charge on any atom is -0.325 e. The van der Waals surface area contributed by atoms with E-state index in [2.05, 4.69) is 15.0 Å². The van der Waals surface area contributed by atoms with Crippen molar-refractivity contribution in [2.45, 2.75) is 17.4 Å². The Kier molecular flexibility index (Phi) is 6.13. The van der Waals surface area contributed by atoms with Crippen molar-refractivity contribution >= 4 is 21.6 Å². The van der Waals surface area contributed by atoms with Gasteiger partial charge in [-0.25, -0.2) is 12.8 Å². The summed E-state index contributed by atoms with van der Waals surface area (Å²) in [4.78, 5) is 16.1. The van der Waals surface area contributed by atoms with Crippen molar-refractivity contribution in [2.24, 2.45) is 0 Å². The molecule has 144 valence electrons. The van der Waals surface area contributed by atoms with Gasteiger partial charge in [0.1, 0.15) is 16.8 Å². The number of halogens is 1. The number of nitrogens with one attached hydrogen (secondary N) is 2. The van der Waals surface area contributed by atoms with Gasteiger partial charge in [-0.1, -0.05) is 42.5 Å². The zero-order valence-corrected chi connectivity index (χ0v) is 15.6. The zero-order valence-electron chi connectivity index (χ0n) is 14.7. The van der Waals surface area contributed by atoms with E-state index in [1.165, 1.54) is 24.5 Å². The molecule has 1 heterocycles. The standard InChI is InChI=1S/C20H18FN3O3S/c21-17-8-4-5-9-19(17)28(26,27)24-18(14-15-6-2-1-3-7-15)20(25)23-16-10-12-22-13-11-16/h1-13,18,24H,14H2,(H,22,23,25). The Bertz CT molecular complexity index is 1040. The van der Waals surface area contributed by atoms with Crippen LogP contribution in [-0.4, -0.2) is 25.4 Å². The third-order valence-corrected chi connectivity index (χ3v) is 5.48. The van der Waals surface area contributed by atoms with Crippen LogP contribution in [0.4, 0.5) is 10.1 Å². The van der Waals surface area contributed by atoms with Crippen molar-refractivity contribution in [1.29, 1.82) is 0 Å². The highest BCUT2D eigenvalue weighted by Crippen LogP contribution is 2.16. The maximum Gasteiger partial charge on any atom is 0.244 e. The van der Waals surface area contributed by atoms with Crippen LogP contribution in [0.25, 0.3) is 0 Å². The number of carbonyl (C=O) groups is 1. The molecule has 0 saturated heterocycles. The van der Waals surface area contributed by atoms with Crippen LogP contribution in [0.2, 0.25) is 0 Å². The molecule has 2 aromatic carbocycles. The summed E-state index contributed by atoms with van der Waals surface area (Å²) in [6.07, 6.45) is 3.11. The van der Waals surface area contributed by atoms with E-state index in [4.69, 9.17) is 0 Å². The monoisotopic (exact) mass is 399 g/mol. The van der Waals surface area contributed by atoms with Gasteiger partial charge in [0.05, 0.1) is 0 Å². The molecule has 2 N–H and O–H groups in total. The highest BCUT2D eigenvalue weighted by molar-refractivity contribution is 7.89. The molecular formula is C20H18FN3O3S. The predicted molar refractivity (Wildman–Crippen MR) is 104 cm³/mol. The van der Waals surface area contributed by atoms with Crippen molar-refractivity contribution < 1.29 is 17.6 Å². The van der Waals surface area contributed by atoms with E-state index in [-0.39, 0.29) is 6.42 Å². The number of hydrogen-bond acceptors (Lipinski definition) is 4. The first-order valence-corrected chi connectivity index (χ1v) is 9.96. The van der Waals surface area contributed by atoms with Gasteiger partial charge in [-0.2, -0.15) is 4.72 Å². The van der Waals surface area contributed by atoms with E-state index in [1.807, 2.05) is 6.07 Å². The topological polar surface area (TPSA) is 88.2 Å². The minimum absolute atomic E-state index is 0.103. The number of carbonyl (C=O) groups excluding carboxylic acids is 1. The summed E-state index contributed by atoms with van der Waals surface area (Å²) in [5.41, 5.74) is 1.23. The summed E-state index contributed by atoms with van der Waals surface area (Å²) in [7, 11) is -4.25. The Morgan fingerprint density at radius 3 is 2.29 bits per heavy atom. The molecule has 0 aliphatic heterocycles. The Labute approximate surface area is 162 Å². The number of aromatic nitrogens is 1. The molecule has 0 fully saturated rings. The molecule has 0 aliphatic rings. The number of amides is 1. The minimum atomic E-state index is -4.25. The first kappa shape index (κ1) is 19.7. The van der Waals surface area contributed by atoms with Crippen LogP contribution in [0.15, 0.2) is 84.0 Å². The van der Waals surface area contributed by atoms with E-state index in [9.17, 15) is 17.6 Å². The van der Waals surface area contributed by atoms with E-state index in [1.54, 1.807) is 36.4 Å². The first-order valence-electron chi connectivity index (χ1n) is 8.47. The summed E-state index contributed by atoms with van der Waals surface area (Å²) in [6.45, 7) is 0. The molecule has 6 nitrogen and oxygen atoms in total. The molecule has 0 bridgehead atoms. The van der Waals surface area contributed by atoms with Crippen LogP contribution >= 0.6 is 0 Å². The summed E-state index contributed by atoms with van der Waals surface area (Å²) in [5.74, 6) is -1.45. The lowest BCUT2D eigenvalue weighted by molar-refractivity contribution is -0.117. The molecule has 3 aromatic rings. The molecular weight excluding hydrogens is 381 g/mol. The molecule has 8 heteroatoms. The predicted octanol–water partition coefficient (Wildman–Crippen LogP) is 2.75. The lowest BCUT2D eigenvalue weighted by atomic mass is 10.1. The van der Waals surface area contributed by atoms with Crippen molar-refractivity contribution in [2.75, 3.05) is 5.32 Å². The van der Waals surface area contributed by atoms with Gasteiger partial charge in [-0.3, -0.25) is 9.78 Å². The van der Waals surface area contributed by atoms with E-state index in [0.717, 1.165) is 17.7 Å². The third-order valence-electron chi connectivity index (χ3n) is 3.97. The van der Waals surface area contributed by atoms with Gasteiger partial charge in [0, 0.05) is 18.1 Å². The SMILES string of the molecule is O=C(Nc1ccncc1)C(Cc1ccccc1)NS(=O)(=O)c1ccccc1F. The number of hydrogen-bond donors (Lipinski definition) is 2. The van der Waals surface area contributed by atoms with Crippen LogP contribution in [0.5, 0.6) is 0 Å². The molecule has 1 amide bonds. The van der Waals surface area contributed by atoms with Gasteiger partial charge in [0.2, 0.25) is 15.9 Å². The smallest absolute Gasteiger partial charge is 0.244 e. The number of benzene rings is 2. The van der Waals surface area contributed by atoms with Crippen LogP contribution in [0.3, 0.4) is 0 Å². The van der Waals surface area contributed by atoms with E-state index >= 15 is 0 Å². The lowest BCUT2D eigenvalue weighted by Crippen LogP contribution is -2.45. The molecule has 1 unspecified atom stereocenters. The van der Waals surface area contributed by atoms with Crippen molar-refractivity contribution in [3.05, 3.63) is 90.5 Å². The van der Waals surface area contributed by atoms with E-state index < -0.39 is 32.7 Å². The molecule has 1 aromatic heterocycles. The number of anilines is 1. The summed E-state index contributed by atoms with van der Waals surface area (Å²) in [5, 5.41) is 2.65. The summed E-state index contributed by atoms with van der Waals surface area (Å²) >= 11 is 0. The number of nitrogens with zero attached hydrogens (tertiary/aromatic N) is 1. The third kappa shape index (κ3) is 4.99. The van der Waals surface area contributed by atoms with Crippen LogP contribution < -0.4 is 10.0 Å². The number of sulfonamides is 1. The van der Waals surface area contributed by atoms with Gasteiger partial charge in [-0.05, 0) is 36.2 Å². The quantitative estimate of drug-likeness (QED) is 0.639. The van der Waals surface area contributed by atoms with Crippen LogP contribution in [0, 0.1) is 5.82 Å². The Morgan fingerprint density at radius 2 is 1.61 bits per heavy atom. The average Bonchev–Trinajstić information content (AvgIpc) is 2.69. The summed E-state index contributed by atoms with van der Waals surface area (Å²) in [6, 6.07) is 16.0. The highest BCUT2D eigenvalue weighted by atomic mass is 32.2. The summed E-state index contributed by atoms with van der Waals surface area (Å²) < 4.78 is 41.6. The largest absolute Gasteiger partial charge is 0.325 e. The first-order chi connectivity index (χ1) is 13.5. The molecule has 0 aliphatic carbocycles. The van der Waals surface area contributed by atoms with Crippen molar-refractivity contribution in [3.8, 4) is 0 Å². The van der Waals surface area contributed by atoms with Gasteiger partial charge in [0.15, 0.2) is 0 Å². The molecule has 1 atom stereocenters. The van der Waals surface area contributed by atoms with Gasteiger partial charge in [-0.15, -0.1) is 0 Å². The maximum absolute atomic E-state index is 14.0. The fraction of sp³-hybridized carbons (Fsp3) is 0.100. The average molecular weight is 399 g/mol. The Morgan fingerprint density at radius 1 is 0.964 bits per heavy atom. The second kappa shape index (κ2) is 8.73. The lowest BCUT2D eigenvalue weighted by Gasteiger charge is -2.19. The molecule has 0 radical (unpaired) electrons. The van der Waals surface area contributed by atoms with Gasteiger partial charge < -0.3 is 5.32 Å². The zero-order chi connectivity index (χ0) is 20.0. The Hall–Kier alpha value is -3.10. The molecule has 0 spiro atoms. The van der Waals surface area contributed by atoms with Crippen LogP contribution in [-0.2, 0) is 21.2 Å².